The van der Waals surface area contributed by atoms with Crippen molar-refractivity contribution in [3.63, 3.8) is 0 Å². The lowest BCUT2D eigenvalue weighted by Crippen LogP contribution is -2.50. The van der Waals surface area contributed by atoms with Crippen LogP contribution in [0.3, 0.4) is 0 Å². The summed E-state index contributed by atoms with van der Waals surface area (Å²) < 4.78 is 26.7. The minimum absolute atomic E-state index is 0.0256. The molecule has 0 bridgehead atoms. The van der Waals surface area contributed by atoms with Crippen molar-refractivity contribution >= 4 is 38.9 Å². The number of benzene rings is 1. The van der Waals surface area contributed by atoms with Crippen LogP contribution in [0, 0.1) is 6.92 Å². The number of hydrogen-bond acceptors (Lipinski definition) is 4. The van der Waals surface area contributed by atoms with Crippen LogP contribution in [0.4, 0.5) is 0 Å². The molecule has 5 nitrogen and oxygen atoms in total. The third-order valence-electron chi connectivity index (χ3n) is 4.02. The SMILES string of the molecule is Cc1ccsc1C(=O)N1CCN(S(=O)(=O)c2cccc(Cl)c2)CC1. The van der Waals surface area contributed by atoms with Crippen molar-refractivity contribution < 1.29 is 13.2 Å². The van der Waals surface area contributed by atoms with Crippen LogP contribution < -0.4 is 0 Å². The molecule has 8 heteroatoms. The van der Waals surface area contributed by atoms with Gasteiger partial charge in [0.25, 0.3) is 5.91 Å². The third kappa shape index (κ3) is 3.35. The summed E-state index contributed by atoms with van der Waals surface area (Å²) >= 11 is 7.31. The summed E-state index contributed by atoms with van der Waals surface area (Å²) in [6.45, 7) is 3.24. The molecule has 3 rings (SSSR count). The molecule has 1 saturated heterocycles. The van der Waals surface area contributed by atoms with Gasteiger partial charge in [-0.3, -0.25) is 4.79 Å². The second kappa shape index (κ2) is 6.84. The van der Waals surface area contributed by atoms with Crippen molar-refractivity contribution in [1.29, 1.82) is 0 Å². The number of carbonyl (C=O) groups excluding carboxylic acids is 1. The summed E-state index contributed by atoms with van der Waals surface area (Å²) in [7, 11) is -3.58. The van der Waals surface area contributed by atoms with E-state index in [1.165, 1.54) is 27.8 Å². The van der Waals surface area contributed by atoms with Gasteiger partial charge in [0.05, 0.1) is 9.77 Å². The van der Waals surface area contributed by atoms with E-state index in [-0.39, 0.29) is 23.9 Å². The van der Waals surface area contributed by atoms with E-state index < -0.39 is 10.0 Å². The van der Waals surface area contributed by atoms with Crippen molar-refractivity contribution in [3.8, 4) is 0 Å². The molecule has 0 spiro atoms. The molecule has 1 aromatic heterocycles. The summed E-state index contributed by atoms with van der Waals surface area (Å²) in [6, 6.07) is 8.16. The lowest BCUT2D eigenvalue weighted by molar-refractivity contribution is 0.0702. The Labute approximate surface area is 150 Å². The van der Waals surface area contributed by atoms with Gasteiger partial charge in [0.1, 0.15) is 0 Å². The number of piperazine rings is 1. The molecular weight excluding hydrogens is 368 g/mol. The second-order valence-corrected chi connectivity index (χ2v) is 8.88. The number of sulfonamides is 1. The number of aryl methyl sites for hydroxylation is 1. The standard InChI is InChI=1S/C16H17ClN2O3S2/c1-12-5-10-23-15(12)16(20)18-6-8-19(9-7-18)24(21,22)14-4-2-3-13(17)11-14/h2-5,10-11H,6-9H2,1H3. The molecule has 1 amide bonds. The third-order valence-corrected chi connectivity index (χ3v) is 7.15. The largest absolute Gasteiger partial charge is 0.335 e. The van der Waals surface area contributed by atoms with Gasteiger partial charge >= 0.3 is 0 Å². The Morgan fingerprint density at radius 1 is 1.17 bits per heavy atom. The van der Waals surface area contributed by atoms with Crippen molar-refractivity contribution in [3.05, 3.63) is 51.2 Å². The molecule has 2 aromatic rings. The van der Waals surface area contributed by atoms with Gasteiger partial charge in [-0.15, -0.1) is 11.3 Å². The van der Waals surface area contributed by atoms with E-state index in [4.69, 9.17) is 11.6 Å². The average Bonchev–Trinajstić information content (AvgIpc) is 3.00. The van der Waals surface area contributed by atoms with Crippen LogP contribution in [0.5, 0.6) is 0 Å². The van der Waals surface area contributed by atoms with Crippen LogP contribution in [-0.2, 0) is 10.0 Å². The normalized spacial score (nSPS) is 16.3. The lowest BCUT2D eigenvalue weighted by Gasteiger charge is -2.34. The number of halogens is 1. The number of carbonyl (C=O) groups is 1. The van der Waals surface area contributed by atoms with E-state index >= 15 is 0 Å². The zero-order valence-electron chi connectivity index (χ0n) is 13.1. The highest BCUT2D eigenvalue weighted by Crippen LogP contribution is 2.23. The van der Waals surface area contributed by atoms with Crippen LogP contribution in [0.2, 0.25) is 5.02 Å². The Morgan fingerprint density at radius 2 is 1.88 bits per heavy atom. The van der Waals surface area contributed by atoms with Gasteiger partial charge < -0.3 is 4.90 Å². The fourth-order valence-corrected chi connectivity index (χ4v) is 5.26. The van der Waals surface area contributed by atoms with Crippen molar-refractivity contribution in [1.82, 2.24) is 9.21 Å². The Kier molecular flexibility index (Phi) is 4.96. The van der Waals surface area contributed by atoms with Crippen LogP contribution in [0.15, 0.2) is 40.6 Å². The Hall–Kier alpha value is -1.41. The minimum Gasteiger partial charge on any atom is -0.335 e. The molecule has 0 atom stereocenters. The van der Waals surface area contributed by atoms with Crippen LogP contribution in [0.25, 0.3) is 0 Å². The zero-order chi connectivity index (χ0) is 17.3. The molecule has 1 fully saturated rings. The number of hydrogen-bond donors (Lipinski definition) is 0. The molecular formula is C16H17ClN2O3S2. The first-order chi connectivity index (χ1) is 11.4. The molecule has 1 aliphatic heterocycles. The Morgan fingerprint density at radius 3 is 2.46 bits per heavy atom. The quantitative estimate of drug-likeness (QED) is 0.817. The maximum absolute atomic E-state index is 12.7. The molecule has 2 heterocycles. The average molecular weight is 385 g/mol. The van der Waals surface area contributed by atoms with Gasteiger partial charge in [-0.2, -0.15) is 4.31 Å². The predicted molar refractivity (Wildman–Crippen MR) is 95.2 cm³/mol. The maximum Gasteiger partial charge on any atom is 0.264 e. The zero-order valence-corrected chi connectivity index (χ0v) is 15.5. The summed E-state index contributed by atoms with van der Waals surface area (Å²) in [6.07, 6.45) is 0. The molecule has 24 heavy (non-hydrogen) atoms. The highest BCUT2D eigenvalue weighted by molar-refractivity contribution is 7.89. The predicted octanol–water partition coefficient (Wildman–Crippen LogP) is 2.86. The van der Waals surface area contributed by atoms with E-state index in [2.05, 4.69) is 0 Å². The van der Waals surface area contributed by atoms with Crippen LogP contribution in [-0.4, -0.2) is 49.7 Å². The van der Waals surface area contributed by atoms with Gasteiger partial charge in [-0.05, 0) is 42.1 Å². The van der Waals surface area contributed by atoms with Gasteiger partial charge in [-0.25, -0.2) is 8.42 Å². The molecule has 0 unspecified atom stereocenters. The molecule has 1 aromatic carbocycles. The summed E-state index contributed by atoms with van der Waals surface area (Å²) in [5, 5.41) is 2.28. The first-order valence-corrected chi connectivity index (χ1v) is 10.2. The van der Waals surface area contributed by atoms with Gasteiger partial charge in [0.15, 0.2) is 0 Å². The Bertz CT molecular complexity index is 856. The first-order valence-electron chi connectivity index (χ1n) is 7.48. The van der Waals surface area contributed by atoms with E-state index in [0.29, 0.717) is 18.1 Å². The minimum atomic E-state index is -3.58. The van der Waals surface area contributed by atoms with Crippen LogP contribution >= 0.6 is 22.9 Å². The van der Waals surface area contributed by atoms with Gasteiger partial charge in [0.2, 0.25) is 10.0 Å². The van der Waals surface area contributed by atoms with E-state index in [9.17, 15) is 13.2 Å². The highest BCUT2D eigenvalue weighted by Gasteiger charge is 2.31. The molecule has 0 N–H and O–H groups in total. The molecule has 0 saturated carbocycles. The van der Waals surface area contributed by atoms with E-state index in [1.807, 2.05) is 18.4 Å². The smallest absolute Gasteiger partial charge is 0.264 e. The summed E-state index contributed by atoms with van der Waals surface area (Å²) in [4.78, 5) is 15.1. The fourth-order valence-electron chi connectivity index (χ4n) is 2.64. The fraction of sp³-hybridized carbons (Fsp3) is 0.312. The monoisotopic (exact) mass is 384 g/mol. The molecule has 128 valence electrons. The van der Waals surface area contributed by atoms with Crippen molar-refractivity contribution in [2.24, 2.45) is 0 Å². The first kappa shape index (κ1) is 17.4. The van der Waals surface area contributed by atoms with E-state index in [1.54, 1.807) is 17.0 Å². The Balaban J connectivity index is 1.71. The van der Waals surface area contributed by atoms with E-state index in [0.717, 1.165) is 10.4 Å². The number of nitrogens with zero attached hydrogens (tertiary/aromatic N) is 2. The summed E-state index contributed by atoms with van der Waals surface area (Å²) in [5.41, 5.74) is 0.957. The van der Waals surface area contributed by atoms with Gasteiger partial charge in [-0.1, -0.05) is 17.7 Å². The topological polar surface area (TPSA) is 57.7 Å². The molecule has 0 aliphatic carbocycles. The molecule has 1 aliphatic rings. The van der Waals surface area contributed by atoms with Crippen molar-refractivity contribution in [2.45, 2.75) is 11.8 Å². The van der Waals surface area contributed by atoms with Crippen LogP contribution in [0.1, 0.15) is 15.2 Å². The second-order valence-electron chi connectivity index (χ2n) is 5.59. The van der Waals surface area contributed by atoms with Crippen molar-refractivity contribution in [2.75, 3.05) is 26.2 Å². The molecule has 0 radical (unpaired) electrons. The number of rotatable bonds is 3. The number of amides is 1. The van der Waals surface area contributed by atoms with Gasteiger partial charge in [0, 0.05) is 31.2 Å². The number of thiophene rings is 1. The summed E-state index contributed by atoms with van der Waals surface area (Å²) in [5.74, 6) is -0.0256. The highest BCUT2D eigenvalue weighted by atomic mass is 35.5. The maximum atomic E-state index is 12.7. The lowest BCUT2D eigenvalue weighted by atomic mass is 10.2.